The minimum Gasteiger partial charge on any atom is -0.479 e. The van der Waals surface area contributed by atoms with Gasteiger partial charge in [0.2, 0.25) is 6.29 Å². The number of ketones is 1. The first kappa shape index (κ1) is 21.6. The normalized spacial score (nSPS) is 40.7. The summed E-state index contributed by atoms with van der Waals surface area (Å²) in [7, 11) is 0. The minimum atomic E-state index is -1.76. The van der Waals surface area contributed by atoms with Crippen LogP contribution in [0.15, 0.2) is 29.8 Å². The van der Waals surface area contributed by atoms with Crippen LogP contribution >= 0.6 is 0 Å². The molecule has 1 aromatic carbocycles. The van der Waals surface area contributed by atoms with Crippen molar-refractivity contribution in [1.29, 1.82) is 0 Å². The molecule has 0 radical (unpaired) electrons. The smallest absolute Gasteiger partial charge is 0.335 e. The zero-order chi connectivity index (χ0) is 22.8. The lowest BCUT2D eigenvalue weighted by atomic mass is 9.60. The predicted octanol–water partition coefficient (Wildman–Crippen LogP) is 1.30. The van der Waals surface area contributed by atoms with Gasteiger partial charge in [0.1, 0.15) is 29.8 Å². The molecule has 8 atom stereocenters. The summed E-state index contributed by atoms with van der Waals surface area (Å²) in [5.74, 6) is -0.0931. The van der Waals surface area contributed by atoms with Gasteiger partial charge in [0.05, 0.1) is 0 Å². The standard InChI is InChI=1S/C24H28O8/c1-24-9-8-14-13-5-3-12(10-11(13)2-4-15(14)16(24)6-7-17(24)25)31-23-20(28)18(26)19(27)21(32-23)22(29)30/h3-5,10,14,16,18-21,23,26-28H,2,6-9H2,1H3,(H,29,30)/t14-,16+,18?,19-,20?,21?,23+,24-/m0/s1. The fraction of sp³-hybridized carbons (Fsp3) is 0.583. The molecular formula is C24H28O8. The van der Waals surface area contributed by atoms with Crippen LogP contribution in [0, 0.1) is 11.3 Å². The molecule has 8 nitrogen and oxygen atoms in total. The van der Waals surface area contributed by atoms with Gasteiger partial charge in [-0.25, -0.2) is 4.79 Å². The number of rotatable bonds is 3. The maximum absolute atomic E-state index is 12.5. The molecule has 4 N–H and O–H groups in total. The Bertz CT molecular complexity index is 986. The van der Waals surface area contributed by atoms with E-state index >= 15 is 0 Å². The van der Waals surface area contributed by atoms with Gasteiger partial charge in [-0.2, -0.15) is 0 Å². The monoisotopic (exact) mass is 444 g/mol. The number of hydrogen-bond acceptors (Lipinski definition) is 7. The first-order valence-electron chi connectivity index (χ1n) is 11.2. The van der Waals surface area contributed by atoms with Crippen molar-refractivity contribution in [3.63, 3.8) is 0 Å². The Kier molecular flexibility index (Phi) is 5.16. The lowest BCUT2D eigenvalue weighted by molar-refractivity contribution is -0.271. The van der Waals surface area contributed by atoms with E-state index in [0.717, 1.165) is 24.8 Å². The van der Waals surface area contributed by atoms with E-state index in [-0.39, 0.29) is 11.3 Å². The van der Waals surface area contributed by atoms with Crippen LogP contribution in [0.4, 0.5) is 0 Å². The van der Waals surface area contributed by atoms with Crippen LogP contribution in [0.3, 0.4) is 0 Å². The van der Waals surface area contributed by atoms with E-state index in [4.69, 9.17) is 9.47 Å². The number of carboxylic acid groups (broad SMARTS) is 1. The number of ether oxygens (including phenoxy) is 2. The molecule has 1 heterocycles. The van der Waals surface area contributed by atoms with Crippen molar-refractivity contribution < 1.29 is 39.5 Å². The highest BCUT2D eigenvalue weighted by Gasteiger charge is 2.52. The topological polar surface area (TPSA) is 134 Å². The molecule has 0 aromatic heterocycles. The number of hydrogen-bond donors (Lipinski definition) is 4. The SMILES string of the molecule is C[C@]12CC[C@@H]3C(=CCc4cc(O[C@@H]5OC(C(=O)O)[C@@H](O)C(O)C5O)ccc43)[C@H]1CCC2=O. The first-order valence-corrected chi connectivity index (χ1v) is 11.2. The molecular weight excluding hydrogens is 416 g/mol. The molecule has 8 heteroatoms. The Labute approximate surface area is 185 Å². The van der Waals surface area contributed by atoms with Crippen LogP contribution in [0.2, 0.25) is 0 Å². The molecule has 3 fully saturated rings. The van der Waals surface area contributed by atoms with Gasteiger partial charge in [-0.1, -0.05) is 24.6 Å². The predicted molar refractivity (Wildman–Crippen MR) is 111 cm³/mol. The van der Waals surface area contributed by atoms with E-state index in [1.165, 1.54) is 11.1 Å². The second-order valence-corrected chi connectivity index (χ2v) is 9.64. The highest BCUT2D eigenvalue weighted by atomic mass is 16.7. The highest BCUT2D eigenvalue weighted by Crippen LogP contribution is 2.58. The summed E-state index contributed by atoms with van der Waals surface area (Å²) < 4.78 is 10.9. The maximum Gasteiger partial charge on any atom is 0.335 e. The van der Waals surface area contributed by atoms with Gasteiger partial charge < -0.3 is 29.9 Å². The van der Waals surface area contributed by atoms with Crippen LogP contribution in [-0.2, 0) is 20.7 Å². The Morgan fingerprint density at radius 2 is 1.94 bits per heavy atom. The molecule has 3 unspecified atom stereocenters. The van der Waals surface area contributed by atoms with E-state index in [0.29, 0.717) is 30.3 Å². The summed E-state index contributed by atoms with van der Waals surface area (Å²) >= 11 is 0. The number of allylic oxidation sites excluding steroid dienone is 2. The quantitative estimate of drug-likeness (QED) is 0.513. The second kappa shape index (κ2) is 7.66. The molecule has 1 aliphatic heterocycles. The number of fused-ring (bicyclic) bond motifs is 5. The average molecular weight is 444 g/mol. The van der Waals surface area contributed by atoms with Crippen molar-refractivity contribution in [2.24, 2.45) is 11.3 Å². The van der Waals surface area contributed by atoms with Crippen LogP contribution in [0.1, 0.15) is 49.7 Å². The van der Waals surface area contributed by atoms with E-state index in [2.05, 4.69) is 13.0 Å². The largest absolute Gasteiger partial charge is 0.479 e. The number of carboxylic acids is 1. The summed E-state index contributed by atoms with van der Waals surface area (Å²) in [4.78, 5) is 23.8. The number of benzene rings is 1. The van der Waals surface area contributed by atoms with E-state index in [9.17, 15) is 30.0 Å². The molecule has 0 bridgehead atoms. The Morgan fingerprint density at radius 1 is 1.16 bits per heavy atom. The molecule has 4 aliphatic rings. The van der Waals surface area contributed by atoms with E-state index < -0.39 is 36.7 Å². The van der Waals surface area contributed by atoms with Crippen molar-refractivity contribution in [2.45, 2.75) is 75.7 Å². The van der Waals surface area contributed by atoms with Gasteiger partial charge in [0.25, 0.3) is 0 Å². The van der Waals surface area contributed by atoms with Gasteiger partial charge in [0.15, 0.2) is 6.10 Å². The number of carbonyl (C=O) groups is 2. The van der Waals surface area contributed by atoms with Crippen LogP contribution in [0.25, 0.3) is 0 Å². The molecule has 1 saturated heterocycles. The van der Waals surface area contributed by atoms with Gasteiger partial charge in [-0.3, -0.25) is 4.79 Å². The lowest BCUT2D eigenvalue weighted by Gasteiger charge is -2.43. The third kappa shape index (κ3) is 3.20. The Morgan fingerprint density at radius 3 is 2.69 bits per heavy atom. The Balaban J connectivity index is 1.36. The molecule has 2 saturated carbocycles. The summed E-state index contributed by atoms with van der Waals surface area (Å²) in [6.45, 7) is 2.11. The van der Waals surface area contributed by atoms with Crippen LogP contribution in [-0.4, -0.2) is 62.9 Å². The van der Waals surface area contributed by atoms with Gasteiger partial charge in [0, 0.05) is 17.8 Å². The summed E-state index contributed by atoms with van der Waals surface area (Å²) in [5, 5.41) is 39.2. The molecule has 0 spiro atoms. The van der Waals surface area contributed by atoms with Crippen molar-refractivity contribution in [1.82, 2.24) is 0 Å². The van der Waals surface area contributed by atoms with Crippen LogP contribution < -0.4 is 4.74 Å². The number of aliphatic hydroxyl groups is 3. The summed E-state index contributed by atoms with van der Waals surface area (Å²) in [5.41, 5.74) is 3.42. The van der Waals surface area contributed by atoms with Crippen molar-refractivity contribution in [3.05, 3.63) is 41.0 Å². The zero-order valence-electron chi connectivity index (χ0n) is 17.8. The number of aliphatic carboxylic acids is 1. The Hall–Kier alpha value is -2.26. The van der Waals surface area contributed by atoms with Gasteiger partial charge in [-0.05, 0) is 54.9 Å². The van der Waals surface area contributed by atoms with E-state index in [1.807, 2.05) is 12.1 Å². The van der Waals surface area contributed by atoms with Crippen LogP contribution in [0.5, 0.6) is 5.75 Å². The molecule has 1 aromatic rings. The lowest BCUT2D eigenvalue weighted by Crippen LogP contribution is -2.61. The zero-order valence-corrected chi connectivity index (χ0v) is 17.8. The van der Waals surface area contributed by atoms with Gasteiger partial charge >= 0.3 is 5.97 Å². The van der Waals surface area contributed by atoms with E-state index in [1.54, 1.807) is 6.07 Å². The molecule has 172 valence electrons. The third-order valence-electron chi connectivity index (χ3n) is 7.94. The summed E-state index contributed by atoms with van der Waals surface area (Å²) in [6.07, 6.45) is -1.86. The van der Waals surface area contributed by atoms with Crippen molar-refractivity contribution in [2.75, 3.05) is 0 Å². The first-order chi connectivity index (χ1) is 15.2. The third-order valence-corrected chi connectivity index (χ3v) is 7.94. The molecule has 5 rings (SSSR count). The fourth-order valence-electron chi connectivity index (χ4n) is 6.08. The summed E-state index contributed by atoms with van der Waals surface area (Å²) in [6, 6.07) is 5.58. The van der Waals surface area contributed by atoms with Crippen molar-refractivity contribution >= 4 is 11.8 Å². The number of aliphatic hydroxyl groups excluding tert-OH is 3. The molecule has 3 aliphatic carbocycles. The maximum atomic E-state index is 12.5. The minimum absolute atomic E-state index is 0.233. The second-order valence-electron chi connectivity index (χ2n) is 9.64. The fourth-order valence-corrected chi connectivity index (χ4v) is 6.08. The van der Waals surface area contributed by atoms with Crippen molar-refractivity contribution in [3.8, 4) is 5.75 Å². The molecule has 32 heavy (non-hydrogen) atoms. The average Bonchev–Trinajstić information content (AvgIpc) is 3.08. The van der Waals surface area contributed by atoms with Gasteiger partial charge in [-0.15, -0.1) is 0 Å². The molecule has 0 amide bonds. The highest BCUT2D eigenvalue weighted by molar-refractivity contribution is 5.88. The number of carbonyl (C=O) groups excluding carboxylic acids is 1. The number of Topliss-reactive ketones (excluding diaryl/α,β-unsaturated/α-hetero) is 1.